The number of aromatic hydroxyl groups is 1. The van der Waals surface area contributed by atoms with Crippen LogP contribution in [-0.4, -0.2) is 28.4 Å². The van der Waals surface area contributed by atoms with Crippen LogP contribution in [0, 0.1) is 5.92 Å². The maximum atomic E-state index is 11.9. The van der Waals surface area contributed by atoms with Gasteiger partial charge in [0.1, 0.15) is 5.75 Å². The molecule has 108 valence electrons. The molecule has 0 aromatic heterocycles. The predicted octanol–water partition coefficient (Wildman–Crippen LogP) is 0.644. The molecule has 21 heavy (non-hydrogen) atoms. The van der Waals surface area contributed by atoms with Crippen LogP contribution in [-0.2, 0) is 16.1 Å². The molecule has 1 saturated heterocycles. The minimum Gasteiger partial charge on any atom is -0.550 e. The number of phenolic OH excluding ortho intramolecular Hbond substituents is 1. The number of likely N-dealkylation sites (tertiary alicyclic amines) is 1. The molecule has 3 rings (SSSR count). The standard InChI is InChI=1S/C16H15NO4/c18-14-6-5-10-3-1-2-4-12(10)13(14)9-17-8-11(16(20)21)7-15(17)19/h1-6,11,18H,7-9H2,(H,20,21)/p-1/t11-/m0/s1. The quantitative estimate of drug-likeness (QED) is 0.897. The Morgan fingerprint density at radius 2 is 2.05 bits per heavy atom. The molecule has 1 N–H and O–H groups in total. The minimum absolute atomic E-state index is 0.0339. The Labute approximate surface area is 121 Å². The third kappa shape index (κ3) is 2.42. The monoisotopic (exact) mass is 284 g/mol. The summed E-state index contributed by atoms with van der Waals surface area (Å²) in [5.41, 5.74) is 0.639. The maximum Gasteiger partial charge on any atom is 0.223 e. The van der Waals surface area contributed by atoms with E-state index in [2.05, 4.69) is 0 Å². The van der Waals surface area contributed by atoms with E-state index in [0.717, 1.165) is 10.8 Å². The molecular formula is C16H14NO4-. The van der Waals surface area contributed by atoms with Crippen molar-refractivity contribution in [3.8, 4) is 5.75 Å². The minimum atomic E-state index is -1.20. The van der Waals surface area contributed by atoms with E-state index in [0.29, 0.717) is 5.56 Å². The van der Waals surface area contributed by atoms with E-state index in [9.17, 15) is 19.8 Å². The topological polar surface area (TPSA) is 80.7 Å². The third-order valence-corrected chi connectivity index (χ3v) is 3.91. The summed E-state index contributed by atoms with van der Waals surface area (Å²) in [6, 6.07) is 11.0. The van der Waals surface area contributed by atoms with Crippen molar-refractivity contribution in [2.75, 3.05) is 6.54 Å². The van der Waals surface area contributed by atoms with Gasteiger partial charge < -0.3 is 19.9 Å². The highest BCUT2D eigenvalue weighted by Gasteiger charge is 2.31. The fourth-order valence-corrected chi connectivity index (χ4v) is 2.76. The molecule has 1 aliphatic rings. The molecule has 5 nitrogen and oxygen atoms in total. The zero-order valence-corrected chi connectivity index (χ0v) is 11.3. The molecule has 0 unspecified atom stereocenters. The second kappa shape index (κ2) is 5.09. The van der Waals surface area contributed by atoms with Crippen molar-refractivity contribution in [3.05, 3.63) is 42.0 Å². The number of carboxylic acid groups (broad SMARTS) is 1. The van der Waals surface area contributed by atoms with E-state index in [1.165, 1.54) is 4.90 Å². The van der Waals surface area contributed by atoms with Crippen LogP contribution in [0.4, 0.5) is 0 Å². The van der Waals surface area contributed by atoms with Crippen molar-refractivity contribution in [3.63, 3.8) is 0 Å². The number of carboxylic acids is 1. The summed E-state index contributed by atoms with van der Waals surface area (Å²) in [6.45, 7) is 0.333. The number of hydrogen-bond donors (Lipinski definition) is 1. The molecule has 0 aliphatic carbocycles. The first-order valence-electron chi connectivity index (χ1n) is 6.74. The number of fused-ring (bicyclic) bond motifs is 1. The molecule has 0 bridgehead atoms. The number of carbonyl (C=O) groups is 2. The smallest absolute Gasteiger partial charge is 0.223 e. The summed E-state index contributed by atoms with van der Waals surface area (Å²) < 4.78 is 0. The summed E-state index contributed by atoms with van der Waals surface area (Å²) in [5, 5.41) is 22.8. The van der Waals surface area contributed by atoms with E-state index in [-0.39, 0.29) is 31.2 Å². The van der Waals surface area contributed by atoms with Crippen LogP contribution in [0.1, 0.15) is 12.0 Å². The lowest BCUT2D eigenvalue weighted by Gasteiger charge is -2.19. The molecule has 1 heterocycles. The molecule has 0 radical (unpaired) electrons. The van der Waals surface area contributed by atoms with Gasteiger partial charge in [-0.1, -0.05) is 30.3 Å². The van der Waals surface area contributed by atoms with Gasteiger partial charge in [-0.15, -0.1) is 0 Å². The zero-order chi connectivity index (χ0) is 15.0. The zero-order valence-electron chi connectivity index (χ0n) is 11.3. The maximum absolute atomic E-state index is 11.9. The number of amides is 1. The SMILES string of the molecule is O=C([O-])[C@H]1CC(=O)N(Cc2c(O)ccc3ccccc23)C1. The third-order valence-electron chi connectivity index (χ3n) is 3.91. The molecule has 2 aromatic carbocycles. The normalized spacial score (nSPS) is 18.4. The van der Waals surface area contributed by atoms with Crippen LogP contribution in [0.3, 0.4) is 0 Å². The van der Waals surface area contributed by atoms with Gasteiger partial charge in [-0.3, -0.25) is 4.79 Å². The summed E-state index contributed by atoms with van der Waals surface area (Å²) in [7, 11) is 0. The molecule has 1 fully saturated rings. The van der Waals surface area contributed by atoms with Crippen molar-refractivity contribution >= 4 is 22.6 Å². The number of phenols is 1. The van der Waals surface area contributed by atoms with Gasteiger partial charge >= 0.3 is 0 Å². The summed E-state index contributed by atoms with van der Waals surface area (Å²) in [5.74, 6) is -2.09. The summed E-state index contributed by atoms with van der Waals surface area (Å²) in [4.78, 5) is 24.2. The lowest BCUT2D eigenvalue weighted by atomic mass is 10.0. The molecule has 5 heteroatoms. The first-order valence-corrected chi connectivity index (χ1v) is 6.74. The Hall–Kier alpha value is -2.56. The average Bonchev–Trinajstić information content (AvgIpc) is 2.84. The largest absolute Gasteiger partial charge is 0.550 e. The van der Waals surface area contributed by atoms with E-state index in [4.69, 9.17) is 0 Å². The van der Waals surface area contributed by atoms with Crippen LogP contribution in [0.25, 0.3) is 10.8 Å². The van der Waals surface area contributed by atoms with Gasteiger partial charge in [0, 0.05) is 37.0 Å². The molecule has 0 saturated carbocycles. The van der Waals surface area contributed by atoms with Gasteiger partial charge in [0.05, 0.1) is 0 Å². The van der Waals surface area contributed by atoms with Gasteiger partial charge in [-0.25, -0.2) is 0 Å². The first-order chi connectivity index (χ1) is 10.1. The summed E-state index contributed by atoms with van der Waals surface area (Å²) in [6.07, 6.45) is -0.0339. The van der Waals surface area contributed by atoms with Gasteiger partial charge in [0.15, 0.2) is 0 Å². The number of nitrogens with zero attached hydrogens (tertiary/aromatic N) is 1. The lowest BCUT2D eigenvalue weighted by Crippen LogP contribution is -2.33. The van der Waals surface area contributed by atoms with Gasteiger partial charge in [-0.05, 0) is 16.8 Å². The predicted molar refractivity (Wildman–Crippen MR) is 74.1 cm³/mol. The second-order valence-corrected chi connectivity index (χ2v) is 5.28. The molecule has 0 spiro atoms. The van der Waals surface area contributed by atoms with Crippen LogP contribution in [0.2, 0.25) is 0 Å². The number of carbonyl (C=O) groups excluding carboxylic acids is 2. The van der Waals surface area contributed by atoms with Crippen LogP contribution >= 0.6 is 0 Å². The molecule has 1 atom stereocenters. The Morgan fingerprint density at radius 1 is 1.29 bits per heavy atom. The highest BCUT2D eigenvalue weighted by Crippen LogP contribution is 2.30. The van der Waals surface area contributed by atoms with Gasteiger partial charge in [0.25, 0.3) is 0 Å². The highest BCUT2D eigenvalue weighted by molar-refractivity contribution is 5.89. The number of hydrogen-bond acceptors (Lipinski definition) is 4. The number of aliphatic carboxylic acids is 1. The second-order valence-electron chi connectivity index (χ2n) is 5.28. The summed E-state index contributed by atoms with van der Waals surface area (Å²) >= 11 is 0. The Balaban J connectivity index is 1.93. The molecule has 2 aromatic rings. The van der Waals surface area contributed by atoms with Crippen molar-refractivity contribution in [2.45, 2.75) is 13.0 Å². The average molecular weight is 284 g/mol. The highest BCUT2D eigenvalue weighted by atomic mass is 16.4. The van der Waals surface area contributed by atoms with Crippen LogP contribution in [0.15, 0.2) is 36.4 Å². The molecule has 1 aliphatic heterocycles. The van der Waals surface area contributed by atoms with Crippen molar-refractivity contribution < 1.29 is 19.8 Å². The molecular weight excluding hydrogens is 270 g/mol. The lowest BCUT2D eigenvalue weighted by molar-refractivity contribution is -0.311. The van der Waals surface area contributed by atoms with E-state index < -0.39 is 11.9 Å². The Morgan fingerprint density at radius 3 is 2.76 bits per heavy atom. The van der Waals surface area contributed by atoms with Crippen molar-refractivity contribution in [2.24, 2.45) is 5.92 Å². The fraction of sp³-hybridized carbons (Fsp3) is 0.250. The van der Waals surface area contributed by atoms with Crippen molar-refractivity contribution in [1.29, 1.82) is 0 Å². The van der Waals surface area contributed by atoms with E-state index in [1.807, 2.05) is 30.3 Å². The fourth-order valence-electron chi connectivity index (χ4n) is 2.76. The van der Waals surface area contributed by atoms with Crippen molar-refractivity contribution in [1.82, 2.24) is 4.90 Å². The van der Waals surface area contributed by atoms with Crippen LogP contribution < -0.4 is 5.11 Å². The van der Waals surface area contributed by atoms with Gasteiger partial charge in [0.2, 0.25) is 5.91 Å². The number of benzene rings is 2. The number of rotatable bonds is 3. The van der Waals surface area contributed by atoms with E-state index >= 15 is 0 Å². The van der Waals surface area contributed by atoms with E-state index in [1.54, 1.807) is 6.07 Å². The first kappa shape index (κ1) is 13.4. The Bertz CT molecular complexity index is 725. The van der Waals surface area contributed by atoms with Gasteiger partial charge in [-0.2, -0.15) is 0 Å². The Kier molecular flexibility index (Phi) is 3.25. The van der Waals surface area contributed by atoms with Crippen LogP contribution in [0.5, 0.6) is 5.75 Å². The molecule has 1 amide bonds.